The first-order chi connectivity index (χ1) is 9.08. The van der Waals surface area contributed by atoms with Crippen molar-refractivity contribution in [2.24, 2.45) is 5.92 Å². The van der Waals surface area contributed by atoms with Crippen LogP contribution in [0.4, 0.5) is 0 Å². The van der Waals surface area contributed by atoms with Gasteiger partial charge in [-0.1, -0.05) is 22.0 Å². The quantitative estimate of drug-likeness (QED) is 0.927. The van der Waals surface area contributed by atoms with Crippen LogP contribution in [0.1, 0.15) is 28.8 Å². The number of hydrogen-bond donors (Lipinski definition) is 1. The highest BCUT2D eigenvalue weighted by atomic mass is 79.9. The third-order valence-corrected chi connectivity index (χ3v) is 4.26. The molecule has 0 unspecified atom stereocenters. The van der Waals surface area contributed by atoms with E-state index in [9.17, 15) is 4.79 Å². The minimum atomic E-state index is 0.123. The molecule has 1 N–H and O–H groups in total. The first kappa shape index (κ1) is 14.5. The number of rotatable bonds is 3. The molecular weight excluding hydrogens is 304 g/mol. The van der Waals surface area contributed by atoms with E-state index in [0.29, 0.717) is 5.92 Å². The van der Waals surface area contributed by atoms with Crippen LogP contribution in [0, 0.1) is 12.8 Å². The fourth-order valence-electron chi connectivity index (χ4n) is 2.56. The Morgan fingerprint density at radius 1 is 1.42 bits per heavy atom. The lowest BCUT2D eigenvalue weighted by atomic mass is 9.97. The van der Waals surface area contributed by atoms with Gasteiger partial charge in [-0.15, -0.1) is 0 Å². The van der Waals surface area contributed by atoms with Crippen molar-refractivity contribution in [1.29, 1.82) is 0 Å². The fraction of sp³-hybridized carbons (Fsp3) is 0.533. The number of nitrogens with zero attached hydrogens (tertiary/aromatic N) is 1. The second-order valence-corrected chi connectivity index (χ2v) is 6.25. The zero-order valence-corrected chi connectivity index (χ0v) is 13.2. The van der Waals surface area contributed by atoms with Crippen LogP contribution in [0.5, 0.6) is 0 Å². The molecule has 1 aliphatic rings. The van der Waals surface area contributed by atoms with Crippen LogP contribution in [0.15, 0.2) is 22.7 Å². The molecule has 4 heteroatoms. The topological polar surface area (TPSA) is 32.3 Å². The Morgan fingerprint density at radius 2 is 2.11 bits per heavy atom. The van der Waals surface area contributed by atoms with Gasteiger partial charge in [-0.05, 0) is 56.5 Å². The Kier molecular flexibility index (Phi) is 4.99. The van der Waals surface area contributed by atoms with Gasteiger partial charge < -0.3 is 10.2 Å². The summed E-state index contributed by atoms with van der Waals surface area (Å²) in [5.41, 5.74) is 1.83. The molecule has 1 aliphatic heterocycles. The Balaban J connectivity index is 2.03. The number of nitrogens with one attached hydrogen (secondary N) is 1. The van der Waals surface area contributed by atoms with Crippen LogP contribution in [0.25, 0.3) is 0 Å². The van der Waals surface area contributed by atoms with Crippen LogP contribution in [0.2, 0.25) is 0 Å². The molecule has 19 heavy (non-hydrogen) atoms. The van der Waals surface area contributed by atoms with E-state index >= 15 is 0 Å². The van der Waals surface area contributed by atoms with Gasteiger partial charge in [0.1, 0.15) is 0 Å². The maximum Gasteiger partial charge on any atom is 0.253 e. The predicted molar refractivity (Wildman–Crippen MR) is 81.4 cm³/mol. The van der Waals surface area contributed by atoms with Crippen molar-refractivity contribution in [1.82, 2.24) is 10.2 Å². The SMILES string of the molecule is Cc1ccc(Br)cc1C(=O)N(C)CC1CCNCC1. The van der Waals surface area contributed by atoms with E-state index in [1.165, 1.54) is 0 Å². The summed E-state index contributed by atoms with van der Waals surface area (Å²) in [4.78, 5) is 14.3. The first-order valence-corrected chi connectivity index (χ1v) is 7.59. The number of carbonyl (C=O) groups excluding carboxylic acids is 1. The normalized spacial score (nSPS) is 16.4. The van der Waals surface area contributed by atoms with Crippen molar-refractivity contribution < 1.29 is 4.79 Å². The summed E-state index contributed by atoms with van der Waals surface area (Å²) in [6, 6.07) is 5.87. The van der Waals surface area contributed by atoms with E-state index in [1.807, 2.05) is 37.1 Å². The van der Waals surface area contributed by atoms with E-state index in [0.717, 1.165) is 48.1 Å². The smallest absolute Gasteiger partial charge is 0.253 e. The molecule has 0 radical (unpaired) electrons. The van der Waals surface area contributed by atoms with Crippen molar-refractivity contribution >= 4 is 21.8 Å². The van der Waals surface area contributed by atoms with E-state index in [-0.39, 0.29) is 5.91 Å². The molecule has 2 rings (SSSR count). The lowest BCUT2D eigenvalue weighted by molar-refractivity contribution is 0.0762. The van der Waals surface area contributed by atoms with Gasteiger partial charge in [0.05, 0.1) is 0 Å². The molecule has 1 saturated heterocycles. The van der Waals surface area contributed by atoms with Crippen molar-refractivity contribution in [3.8, 4) is 0 Å². The Morgan fingerprint density at radius 3 is 2.79 bits per heavy atom. The number of aryl methyl sites for hydroxylation is 1. The van der Waals surface area contributed by atoms with Crippen LogP contribution in [-0.2, 0) is 0 Å². The summed E-state index contributed by atoms with van der Waals surface area (Å²) in [5.74, 6) is 0.750. The second-order valence-electron chi connectivity index (χ2n) is 5.34. The maximum atomic E-state index is 12.5. The average molecular weight is 325 g/mol. The van der Waals surface area contributed by atoms with E-state index in [1.54, 1.807) is 0 Å². The summed E-state index contributed by atoms with van der Waals surface area (Å²) in [6.45, 7) is 4.98. The molecule has 104 valence electrons. The van der Waals surface area contributed by atoms with Gasteiger partial charge in [-0.2, -0.15) is 0 Å². The minimum absolute atomic E-state index is 0.123. The average Bonchev–Trinajstić information content (AvgIpc) is 2.42. The lowest BCUT2D eigenvalue weighted by Gasteiger charge is -2.28. The number of amides is 1. The highest BCUT2D eigenvalue weighted by Crippen LogP contribution is 2.19. The first-order valence-electron chi connectivity index (χ1n) is 6.80. The summed E-state index contributed by atoms with van der Waals surface area (Å²) in [7, 11) is 1.91. The fourth-order valence-corrected chi connectivity index (χ4v) is 2.93. The number of halogens is 1. The van der Waals surface area contributed by atoms with Gasteiger partial charge in [0, 0.05) is 23.6 Å². The van der Waals surface area contributed by atoms with Gasteiger partial charge >= 0.3 is 0 Å². The summed E-state index contributed by atoms with van der Waals surface area (Å²) in [6.07, 6.45) is 2.32. The van der Waals surface area contributed by atoms with Gasteiger partial charge in [-0.3, -0.25) is 4.79 Å². The number of piperidine rings is 1. The van der Waals surface area contributed by atoms with Crippen LogP contribution < -0.4 is 5.32 Å². The van der Waals surface area contributed by atoms with Crippen molar-refractivity contribution in [2.45, 2.75) is 19.8 Å². The van der Waals surface area contributed by atoms with E-state index < -0.39 is 0 Å². The zero-order valence-electron chi connectivity index (χ0n) is 11.6. The van der Waals surface area contributed by atoms with E-state index in [4.69, 9.17) is 0 Å². The molecule has 1 aromatic carbocycles. The zero-order chi connectivity index (χ0) is 13.8. The van der Waals surface area contributed by atoms with Gasteiger partial charge in [0.25, 0.3) is 5.91 Å². The number of carbonyl (C=O) groups is 1. The molecule has 1 heterocycles. The Labute approximate surface area is 123 Å². The van der Waals surface area contributed by atoms with Crippen LogP contribution in [-0.4, -0.2) is 37.5 Å². The molecule has 0 atom stereocenters. The third-order valence-electron chi connectivity index (χ3n) is 3.77. The second kappa shape index (κ2) is 6.53. The molecule has 0 spiro atoms. The monoisotopic (exact) mass is 324 g/mol. The lowest BCUT2D eigenvalue weighted by Crippen LogP contribution is -2.37. The molecule has 1 fully saturated rings. The van der Waals surface area contributed by atoms with Crippen LogP contribution in [0.3, 0.4) is 0 Å². The summed E-state index contributed by atoms with van der Waals surface area (Å²) in [5, 5.41) is 3.36. The highest BCUT2D eigenvalue weighted by Gasteiger charge is 2.20. The molecule has 1 amide bonds. The Hall–Kier alpha value is -0.870. The molecule has 0 aromatic heterocycles. The summed E-state index contributed by atoms with van der Waals surface area (Å²) >= 11 is 3.43. The summed E-state index contributed by atoms with van der Waals surface area (Å²) < 4.78 is 0.955. The van der Waals surface area contributed by atoms with Gasteiger partial charge in [-0.25, -0.2) is 0 Å². The molecule has 1 aromatic rings. The molecule has 0 bridgehead atoms. The number of hydrogen-bond acceptors (Lipinski definition) is 2. The minimum Gasteiger partial charge on any atom is -0.341 e. The predicted octanol–water partition coefficient (Wildman–Crippen LogP) is 2.83. The molecule has 3 nitrogen and oxygen atoms in total. The molecular formula is C15H21BrN2O. The standard InChI is InChI=1S/C15H21BrN2O/c1-11-3-4-13(16)9-14(11)15(19)18(2)10-12-5-7-17-8-6-12/h3-4,9,12,17H,5-8,10H2,1-2H3. The number of benzene rings is 1. The molecule has 0 saturated carbocycles. The maximum absolute atomic E-state index is 12.5. The van der Waals surface area contributed by atoms with E-state index in [2.05, 4.69) is 21.2 Å². The van der Waals surface area contributed by atoms with Gasteiger partial charge in [0.15, 0.2) is 0 Å². The van der Waals surface area contributed by atoms with Crippen molar-refractivity contribution in [2.75, 3.05) is 26.7 Å². The van der Waals surface area contributed by atoms with Crippen LogP contribution >= 0.6 is 15.9 Å². The third kappa shape index (κ3) is 3.80. The Bertz CT molecular complexity index is 455. The highest BCUT2D eigenvalue weighted by molar-refractivity contribution is 9.10. The largest absolute Gasteiger partial charge is 0.341 e. The molecule has 0 aliphatic carbocycles. The van der Waals surface area contributed by atoms with Crippen molar-refractivity contribution in [3.63, 3.8) is 0 Å². The van der Waals surface area contributed by atoms with Gasteiger partial charge in [0.2, 0.25) is 0 Å². The van der Waals surface area contributed by atoms with Crippen molar-refractivity contribution in [3.05, 3.63) is 33.8 Å².